The highest BCUT2D eigenvalue weighted by Crippen LogP contribution is 2.16. The van der Waals surface area contributed by atoms with Crippen molar-refractivity contribution in [2.75, 3.05) is 26.2 Å². The van der Waals surface area contributed by atoms with Gasteiger partial charge in [0, 0.05) is 56.2 Å². The van der Waals surface area contributed by atoms with E-state index in [9.17, 15) is 13.2 Å². The van der Waals surface area contributed by atoms with Crippen LogP contribution in [0.1, 0.15) is 36.7 Å². The topological polar surface area (TPSA) is 82.6 Å². The Labute approximate surface area is 172 Å². The van der Waals surface area contributed by atoms with Crippen LogP contribution in [0.5, 0.6) is 0 Å². The van der Waals surface area contributed by atoms with Gasteiger partial charge >= 0.3 is 0 Å². The molecule has 0 bridgehead atoms. The average molecular weight is 417 g/mol. The third kappa shape index (κ3) is 5.85. The van der Waals surface area contributed by atoms with Gasteiger partial charge in [-0.2, -0.15) is 0 Å². The molecular formula is C21H28N4O3S. The maximum Gasteiger partial charge on any atom is 0.253 e. The van der Waals surface area contributed by atoms with Crippen LogP contribution >= 0.6 is 0 Å². The van der Waals surface area contributed by atoms with E-state index in [0.717, 1.165) is 19.6 Å². The Morgan fingerprint density at radius 1 is 1.00 bits per heavy atom. The van der Waals surface area contributed by atoms with Crippen molar-refractivity contribution in [2.45, 2.75) is 37.8 Å². The molecule has 1 aromatic heterocycles. The van der Waals surface area contributed by atoms with Gasteiger partial charge in [0.25, 0.3) is 5.91 Å². The number of piperazine rings is 1. The minimum absolute atomic E-state index is 0.0683. The summed E-state index contributed by atoms with van der Waals surface area (Å²) >= 11 is 0. The van der Waals surface area contributed by atoms with E-state index in [-0.39, 0.29) is 10.8 Å². The van der Waals surface area contributed by atoms with Crippen molar-refractivity contribution in [1.29, 1.82) is 0 Å². The van der Waals surface area contributed by atoms with Gasteiger partial charge in [-0.3, -0.25) is 14.7 Å². The van der Waals surface area contributed by atoms with Crippen LogP contribution in [0.3, 0.4) is 0 Å². The van der Waals surface area contributed by atoms with Crippen LogP contribution < -0.4 is 4.72 Å². The fourth-order valence-corrected chi connectivity index (χ4v) is 4.70. The van der Waals surface area contributed by atoms with Gasteiger partial charge in [-0.05, 0) is 62.7 Å². The number of rotatable bonds is 5. The number of sulfonamides is 1. The normalized spacial score (nSPS) is 16.0. The van der Waals surface area contributed by atoms with Crippen LogP contribution in [-0.4, -0.2) is 60.8 Å². The number of carbonyl (C=O) groups excluding carboxylic acids is 1. The van der Waals surface area contributed by atoms with E-state index >= 15 is 0 Å². The molecule has 0 radical (unpaired) electrons. The average Bonchev–Trinajstić information content (AvgIpc) is 2.67. The molecule has 1 aliphatic heterocycles. The predicted molar refractivity (Wildman–Crippen MR) is 112 cm³/mol. The van der Waals surface area contributed by atoms with E-state index < -0.39 is 15.6 Å². The van der Waals surface area contributed by atoms with Crippen molar-refractivity contribution >= 4 is 15.9 Å². The van der Waals surface area contributed by atoms with Crippen molar-refractivity contribution in [2.24, 2.45) is 0 Å². The Kier molecular flexibility index (Phi) is 6.36. The largest absolute Gasteiger partial charge is 0.336 e. The molecule has 3 rings (SSSR count). The van der Waals surface area contributed by atoms with Crippen molar-refractivity contribution in [3.05, 3.63) is 59.9 Å². The molecule has 0 atom stereocenters. The van der Waals surface area contributed by atoms with E-state index in [2.05, 4.69) is 14.6 Å². The monoisotopic (exact) mass is 416 g/mol. The number of pyridine rings is 1. The molecule has 0 unspecified atom stereocenters. The molecule has 7 nitrogen and oxygen atoms in total. The zero-order chi connectivity index (χ0) is 21.1. The van der Waals surface area contributed by atoms with Gasteiger partial charge in [-0.1, -0.05) is 0 Å². The summed E-state index contributed by atoms with van der Waals surface area (Å²) in [6, 6.07) is 10.1. The first-order valence-corrected chi connectivity index (χ1v) is 11.2. The first-order chi connectivity index (χ1) is 13.6. The third-order valence-electron chi connectivity index (χ3n) is 4.67. The summed E-state index contributed by atoms with van der Waals surface area (Å²) in [7, 11) is -3.61. The summed E-state index contributed by atoms with van der Waals surface area (Å²) in [5.74, 6) is -0.0683. The first-order valence-electron chi connectivity index (χ1n) is 9.69. The molecule has 156 valence electrons. The molecule has 0 aliphatic carbocycles. The Balaban J connectivity index is 1.59. The first kappa shape index (κ1) is 21.4. The van der Waals surface area contributed by atoms with E-state index in [1.807, 2.05) is 17.0 Å². The molecule has 2 heterocycles. The fraction of sp³-hybridized carbons (Fsp3) is 0.429. The van der Waals surface area contributed by atoms with Gasteiger partial charge in [0.05, 0.1) is 4.90 Å². The van der Waals surface area contributed by atoms with Crippen LogP contribution in [0.4, 0.5) is 0 Å². The number of nitrogens with one attached hydrogen (secondary N) is 1. The minimum Gasteiger partial charge on any atom is -0.336 e. The molecule has 0 spiro atoms. The van der Waals surface area contributed by atoms with Gasteiger partial charge < -0.3 is 4.90 Å². The number of hydrogen-bond donors (Lipinski definition) is 1. The van der Waals surface area contributed by atoms with Gasteiger partial charge in [0.2, 0.25) is 10.0 Å². The van der Waals surface area contributed by atoms with Crippen LogP contribution in [0, 0.1) is 0 Å². The molecule has 1 saturated heterocycles. The van der Waals surface area contributed by atoms with E-state index in [1.165, 1.54) is 17.7 Å². The highest BCUT2D eigenvalue weighted by molar-refractivity contribution is 7.89. The van der Waals surface area contributed by atoms with Gasteiger partial charge in [-0.15, -0.1) is 0 Å². The van der Waals surface area contributed by atoms with Crippen LogP contribution in [0.25, 0.3) is 0 Å². The number of aromatic nitrogens is 1. The number of amides is 1. The van der Waals surface area contributed by atoms with Crippen LogP contribution in [0.2, 0.25) is 0 Å². The Bertz CT molecular complexity index is 930. The van der Waals surface area contributed by atoms with E-state index in [4.69, 9.17) is 0 Å². The highest BCUT2D eigenvalue weighted by Gasteiger charge is 2.24. The summed E-state index contributed by atoms with van der Waals surface area (Å²) in [6.07, 6.45) is 3.58. The summed E-state index contributed by atoms with van der Waals surface area (Å²) in [5.41, 5.74) is 1.14. The van der Waals surface area contributed by atoms with Crippen molar-refractivity contribution in [3.8, 4) is 0 Å². The molecule has 1 fully saturated rings. The lowest BCUT2D eigenvalue weighted by molar-refractivity contribution is 0.0628. The highest BCUT2D eigenvalue weighted by atomic mass is 32.2. The summed E-state index contributed by atoms with van der Waals surface area (Å²) < 4.78 is 27.4. The molecule has 1 aromatic carbocycles. The van der Waals surface area contributed by atoms with E-state index in [0.29, 0.717) is 18.7 Å². The summed E-state index contributed by atoms with van der Waals surface area (Å²) in [4.78, 5) is 21.1. The van der Waals surface area contributed by atoms with Crippen molar-refractivity contribution in [1.82, 2.24) is 19.5 Å². The number of benzene rings is 1. The standard InChI is InChI=1S/C21H28N4O3S/c1-21(2,3)23-29(27,28)19-6-4-18(5-7-19)20(26)25-14-12-24(13-15-25)16-17-8-10-22-11-9-17/h4-11,23H,12-16H2,1-3H3. The van der Waals surface area contributed by atoms with Crippen molar-refractivity contribution in [3.63, 3.8) is 0 Å². The molecule has 8 heteroatoms. The number of nitrogens with zero attached hydrogens (tertiary/aromatic N) is 3. The minimum atomic E-state index is -3.61. The fourth-order valence-electron chi connectivity index (χ4n) is 3.28. The Morgan fingerprint density at radius 3 is 2.14 bits per heavy atom. The SMILES string of the molecule is CC(C)(C)NS(=O)(=O)c1ccc(C(=O)N2CCN(Cc3ccncc3)CC2)cc1. The molecule has 1 aliphatic rings. The van der Waals surface area contributed by atoms with Gasteiger partial charge in [-0.25, -0.2) is 13.1 Å². The number of carbonyl (C=O) groups is 1. The smallest absolute Gasteiger partial charge is 0.253 e. The van der Waals surface area contributed by atoms with Gasteiger partial charge in [0.1, 0.15) is 0 Å². The summed E-state index contributed by atoms with van der Waals surface area (Å²) in [5, 5.41) is 0. The molecule has 0 saturated carbocycles. The van der Waals surface area contributed by atoms with Crippen molar-refractivity contribution < 1.29 is 13.2 Å². The zero-order valence-corrected chi connectivity index (χ0v) is 17.9. The lowest BCUT2D eigenvalue weighted by atomic mass is 10.1. The quantitative estimate of drug-likeness (QED) is 0.807. The second kappa shape index (κ2) is 8.61. The summed E-state index contributed by atoms with van der Waals surface area (Å²) in [6.45, 7) is 9.11. The molecule has 2 aromatic rings. The Morgan fingerprint density at radius 2 is 1.59 bits per heavy atom. The second-order valence-corrected chi connectivity index (χ2v) is 9.99. The lowest BCUT2D eigenvalue weighted by Gasteiger charge is -2.34. The molecule has 1 amide bonds. The molecule has 29 heavy (non-hydrogen) atoms. The predicted octanol–water partition coefficient (Wildman–Crippen LogP) is 2.12. The zero-order valence-electron chi connectivity index (χ0n) is 17.1. The number of hydrogen-bond acceptors (Lipinski definition) is 5. The van der Waals surface area contributed by atoms with E-state index in [1.54, 1.807) is 45.3 Å². The second-order valence-electron chi connectivity index (χ2n) is 8.30. The third-order valence-corrected chi connectivity index (χ3v) is 6.44. The van der Waals surface area contributed by atoms with Crippen LogP contribution in [-0.2, 0) is 16.6 Å². The maximum atomic E-state index is 12.8. The lowest BCUT2D eigenvalue weighted by Crippen LogP contribution is -2.48. The molecule has 1 N–H and O–H groups in total. The Hall–Kier alpha value is -2.29. The van der Waals surface area contributed by atoms with Crippen LogP contribution in [0.15, 0.2) is 53.7 Å². The van der Waals surface area contributed by atoms with Gasteiger partial charge in [0.15, 0.2) is 0 Å². The maximum absolute atomic E-state index is 12.8. The molecular weight excluding hydrogens is 388 g/mol.